The lowest BCUT2D eigenvalue weighted by Gasteiger charge is -2.18. The van der Waals surface area contributed by atoms with Gasteiger partial charge in [0.1, 0.15) is 0 Å². The molecule has 0 spiro atoms. The van der Waals surface area contributed by atoms with Gasteiger partial charge in [-0.05, 0) is 18.1 Å². The van der Waals surface area contributed by atoms with Gasteiger partial charge in [-0.25, -0.2) is 0 Å². The van der Waals surface area contributed by atoms with Gasteiger partial charge < -0.3 is 14.6 Å². The van der Waals surface area contributed by atoms with Crippen LogP contribution < -0.4 is 9.47 Å². The van der Waals surface area contributed by atoms with E-state index in [4.69, 9.17) is 9.47 Å². The van der Waals surface area contributed by atoms with E-state index in [1.165, 1.54) is 5.56 Å². The number of hydrogen-bond donors (Lipinski definition) is 1. The van der Waals surface area contributed by atoms with Crippen molar-refractivity contribution in [3.8, 4) is 11.5 Å². The lowest BCUT2D eigenvalue weighted by molar-refractivity contribution is 0.268. The lowest BCUT2D eigenvalue weighted by atomic mass is 9.97. The fourth-order valence-corrected chi connectivity index (χ4v) is 1.72. The van der Waals surface area contributed by atoms with Gasteiger partial charge in [0.25, 0.3) is 0 Å². The van der Waals surface area contributed by atoms with Crippen LogP contribution in [0.4, 0.5) is 0 Å². The van der Waals surface area contributed by atoms with Crippen molar-refractivity contribution in [2.75, 3.05) is 20.8 Å². The second-order valence-electron chi connectivity index (χ2n) is 3.86. The van der Waals surface area contributed by atoms with Crippen molar-refractivity contribution in [2.24, 2.45) is 0 Å². The van der Waals surface area contributed by atoms with Crippen LogP contribution in [0.3, 0.4) is 0 Å². The lowest BCUT2D eigenvalue weighted by Crippen LogP contribution is -2.04. The van der Waals surface area contributed by atoms with Crippen molar-refractivity contribution < 1.29 is 14.6 Å². The molecule has 90 valence electrons. The first-order valence-corrected chi connectivity index (χ1v) is 5.53. The molecule has 0 heterocycles. The normalized spacial score (nSPS) is 12.3. The summed E-state index contributed by atoms with van der Waals surface area (Å²) in [7, 11) is 3.25. The number of methoxy groups -OCH3 is 2. The molecule has 0 amide bonds. The number of aryl methyl sites for hydroxylation is 1. The molecule has 0 bridgehead atoms. The van der Waals surface area contributed by atoms with Crippen molar-refractivity contribution in [1.29, 1.82) is 0 Å². The Morgan fingerprint density at radius 2 is 1.94 bits per heavy atom. The Morgan fingerprint density at radius 1 is 1.25 bits per heavy atom. The molecule has 0 aromatic heterocycles. The molecule has 0 aliphatic carbocycles. The fourth-order valence-electron chi connectivity index (χ4n) is 1.72. The van der Waals surface area contributed by atoms with Crippen molar-refractivity contribution >= 4 is 0 Å². The average molecular weight is 224 g/mol. The molecule has 0 aliphatic heterocycles. The summed E-state index contributed by atoms with van der Waals surface area (Å²) in [4.78, 5) is 0. The molecule has 1 N–H and O–H groups in total. The highest BCUT2D eigenvalue weighted by Crippen LogP contribution is 2.36. The predicted octanol–water partition coefficient (Wildman–Crippen LogP) is 2.36. The fraction of sp³-hybridized carbons (Fsp3) is 0.538. The minimum Gasteiger partial charge on any atom is -0.493 e. The number of rotatable bonds is 5. The van der Waals surface area contributed by atoms with Crippen molar-refractivity contribution in [3.63, 3.8) is 0 Å². The largest absolute Gasteiger partial charge is 0.493 e. The SMILES string of the molecule is CCc1cc(OC)c(OC)c(C(C)CO)c1. The van der Waals surface area contributed by atoms with E-state index in [1.54, 1.807) is 14.2 Å². The molecule has 0 saturated heterocycles. The van der Waals surface area contributed by atoms with Crippen LogP contribution >= 0.6 is 0 Å². The highest BCUT2D eigenvalue weighted by molar-refractivity contribution is 5.51. The third-order valence-corrected chi connectivity index (χ3v) is 2.78. The average Bonchev–Trinajstić information content (AvgIpc) is 2.35. The summed E-state index contributed by atoms with van der Waals surface area (Å²) in [5.41, 5.74) is 2.19. The molecule has 0 saturated carbocycles. The van der Waals surface area contributed by atoms with Crippen LogP contribution in [0.2, 0.25) is 0 Å². The van der Waals surface area contributed by atoms with Gasteiger partial charge in [0.15, 0.2) is 11.5 Å². The van der Waals surface area contributed by atoms with Crippen molar-refractivity contribution in [2.45, 2.75) is 26.2 Å². The molecule has 0 fully saturated rings. The van der Waals surface area contributed by atoms with E-state index >= 15 is 0 Å². The second-order valence-corrected chi connectivity index (χ2v) is 3.86. The van der Waals surface area contributed by atoms with E-state index in [-0.39, 0.29) is 12.5 Å². The van der Waals surface area contributed by atoms with Crippen LogP contribution in [0.5, 0.6) is 11.5 Å². The minimum absolute atomic E-state index is 0.0512. The van der Waals surface area contributed by atoms with Crippen LogP contribution in [0.1, 0.15) is 30.9 Å². The van der Waals surface area contributed by atoms with Crippen LogP contribution in [-0.4, -0.2) is 25.9 Å². The Hall–Kier alpha value is -1.22. The number of benzene rings is 1. The third kappa shape index (κ3) is 2.47. The summed E-state index contributed by atoms with van der Waals surface area (Å²) >= 11 is 0. The van der Waals surface area contributed by atoms with E-state index in [0.29, 0.717) is 0 Å². The quantitative estimate of drug-likeness (QED) is 0.834. The highest BCUT2D eigenvalue weighted by atomic mass is 16.5. The van der Waals surface area contributed by atoms with E-state index in [0.717, 1.165) is 23.5 Å². The molecule has 1 rings (SSSR count). The molecule has 1 aromatic rings. The summed E-state index contributed by atoms with van der Waals surface area (Å²) in [6.07, 6.45) is 0.936. The molecule has 16 heavy (non-hydrogen) atoms. The maximum Gasteiger partial charge on any atom is 0.164 e. The van der Waals surface area contributed by atoms with Crippen LogP contribution in [0, 0.1) is 0 Å². The molecule has 1 atom stereocenters. The third-order valence-electron chi connectivity index (χ3n) is 2.78. The molecular formula is C13H20O3. The Kier molecular flexibility index (Phi) is 4.62. The monoisotopic (exact) mass is 224 g/mol. The Labute approximate surface area is 97.0 Å². The summed E-state index contributed by atoms with van der Waals surface area (Å²) in [5.74, 6) is 1.51. The molecule has 0 radical (unpaired) electrons. The smallest absolute Gasteiger partial charge is 0.164 e. The summed E-state index contributed by atoms with van der Waals surface area (Å²) in [6.45, 7) is 4.16. The summed E-state index contributed by atoms with van der Waals surface area (Å²) < 4.78 is 10.7. The maximum atomic E-state index is 9.24. The highest BCUT2D eigenvalue weighted by Gasteiger charge is 2.16. The van der Waals surface area contributed by atoms with E-state index in [2.05, 4.69) is 13.0 Å². The first-order chi connectivity index (χ1) is 7.67. The molecule has 3 heteroatoms. The number of hydrogen-bond acceptors (Lipinski definition) is 3. The van der Waals surface area contributed by atoms with Gasteiger partial charge in [-0.2, -0.15) is 0 Å². The molecule has 1 unspecified atom stereocenters. The molecular weight excluding hydrogens is 204 g/mol. The van der Waals surface area contributed by atoms with Gasteiger partial charge in [0, 0.05) is 18.1 Å². The topological polar surface area (TPSA) is 38.7 Å². The maximum absolute atomic E-state index is 9.24. The van der Waals surface area contributed by atoms with Gasteiger partial charge in [-0.1, -0.05) is 19.9 Å². The summed E-state index contributed by atoms with van der Waals surface area (Å²) in [6, 6.07) is 4.05. The first-order valence-electron chi connectivity index (χ1n) is 5.53. The zero-order chi connectivity index (χ0) is 12.1. The Morgan fingerprint density at radius 3 is 2.38 bits per heavy atom. The Balaban J connectivity index is 3.30. The number of aliphatic hydroxyl groups excluding tert-OH is 1. The number of ether oxygens (including phenoxy) is 2. The van der Waals surface area contributed by atoms with Gasteiger partial charge in [-0.15, -0.1) is 0 Å². The standard InChI is InChI=1S/C13H20O3/c1-5-10-6-11(9(2)8-14)13(16-4)12(7-10)15-3/h6-7,9,14H,5,8H2,1-4H3. The van der Waals surface area contributed by atoms with E-state index in [9.17, 15) is 5.11 Å². The van der Waals surface area contributed by atoms with Crippen molar-refractivity contribution in [3.05, 3.63) is 23.3 Å². The van der Waals surface area contributed by atoms with Crippen LogP contribution in [-0.2, 0) is 6.42 Å². The van der Waals surface area contributed by atoms with Gasteiger partial charge in [-0.3, -0.25) is 0 Å². The van der Waals surface area contributed by atoms with Crippen LogP contribution in [0.15, 0.2) is 12.1 Å². The zero-order valence-corrected chi connectivity index (χ0v) is 10.4. The number of aliphatic hydroxyl groups is 1. The van der Waals surface area contributed by atoms with Gasteiger partial charge in [0.2, 0.25) is 0 Å². The second kappa shape index (κ2) is 5.75. The Bertz CT molecular complexity index is 347. The first kappa shape index (κ1) is 12.8. The minimum atomic E-state index is 0.0512. The molecule has 0 aliphatic rings. The summed E-state index contributed by atoms with van der Waals surface area (Å²) in [5, 5.41) is 9.24. The van der Waals surface area contributed by atoms with E-state index < -0.39 is 0 Å². The molecule has 1 aromatic carbocycles. The van der Waals surface area contributed by atoms with Gasteiger partial charge >= 0.3 is 0 Å². The van der Waals surface area contributed by atoms with Crippen LogP contribution in [0.25, 0.3) is 0 Å². The van der Waals surface area contributed by atoms with Gasteiger partial charge in [0.05, 0.1) is 14.2 Å². The predicted molar refractivity (Wildman–Crippen MR) is 64.4 cm³/mol. The zero-order valence-electron chi connectivity index (χ0n) is 10.4. The van der Waals surface area contributed by atoms with Crippen molar-refractivity contribution in [1.82, 2.24) is 0 Å². The molecule has 3 nitrogen and oxygen atoms in total. The van der Waals surface area contributed by atoms with E-state index in [1.807, 2.05) is 13.0 Å².